The van der Waals surface area contributed by atoms with Crippen molar-refractivity contribution >= 4 is 17.4 Å². The number of hydrogen-bond donors (Lipinski definition) is 1. The molecule has 116 valence electrons. The van der Waals surface area contributed by atoms with Gasteiger partial charge >= 0.3 is 0 Å². The Kier molecular flexibility index (Phi) is 4.20. The first-order valence-electron chi connectivity index (χ1n) is 7.62. The summed E-state index contributed by atoms with van der Waals surface area (Å²) in [6, 6.07) is 3.86. The third-order valence-corrected chi connectivity index (χ3v) is 4.17. The van der Waals surface area contributed by atoms with Crippen LogP contribution >= 0.6 is 0 Å². The molecule has 0 aliphatic carbocycles. The number of H-pyrrole nitrogens is 1. The van der Waals surface area contributed by atoms with Gasteiger partial charge in [0.25, 0.3) is 5.56 Å². The van der Waals surface area contributed by atoms with Gasteiger partial charge < -0.3 is 9.88 Å². The van der Waals surface area contributed by atoms with Crippen LogP contribution in [0.4, 0.5) is 0 Å². The lowest BCUT2D eigenvalue weighted by Gasteiger charge is -2.32. The summed E-state index contributed by atoms with van der Waals surface area (Å²) in [5.41, 5.74) is 3.41. The number of piperazine rings is 1. The number of carbonyl (C=O) groups excluding carboxylic acids is 1. The van der Waals surface area contributed by atoms with Gasteiger partial charge in [0, 0.05) is 44.5 Å². The molecular weight excluding hydrogens is 280 g/mol. The second-order valence-corrected chi connectivity index (χ2v) is 5.67. The molecule has 1 aliphatic heterocycles. The molecule has 0 atom stereocenters. The molecule has 0 radical (unpaired) electrons. The smallest absolute Gasteiger partial charge is 0.251 e. The van der Waals surface area contributed by atoms with Crippen LogP contribution in [0.2, 0.25) is 0 Å². The maximum Gasteiger partial charge on any atom is 0.251 e. The largest absolute Gasteiger partial charge is 0.343 e. The van der Waals surface area contributed by atoms with Crippen LogP contribution in [0.3, 0.4) is 0 Å². The van der Waals surface area contributed by atoms with Crippen molar-refractivity contribution in [2.75, 3.05) is 26.2 Å². The summed E-state index contributed by atoms with van der Waals surface area (Å²) in [4.78, 5) is 34.1. The van der Waals surface area contributed by atoms with E-state index in [9.17, 15) is 9.59 Å². The number of amides is 1. The maximum atomic E-state index is 11.9. The number of hydrogen-bond acceptors (Lipinski definition) is 4. The molecule has 1 aliphatic rings. The molecule has 6 nitrogen and oxygen atoms in total. The van der Waals surface area contributed by atoms with Crippen LogP contribution in [0.5, 0.6) is 0 Å². The number of aromatic amines is 1. The van der Waals surface area contributed by atoms with E-state index in [1.807, 2.05) is 25.3 Å². The third-order valence-electron chi connectivity index (χ3n) is 4.17. The van der Waals surface area contributed by atoms with E-state index in [2.05, 4.69) is 14.9 Å². The molecular formula is C16H20N4O2. The quantitative estimate of drug-likeness (QED) is 0.846. The molecule has 0 aromatic carbocycles. The van der Waals surface area contributed by atoms with Gasteiger partial charge in [-0.05, 0) is 24.1 Å². The van der Waals surface area contributed by atoms with Gasteiger partial charge in [-0.1, -0.05) is 6.92 Å². The molecule has 1 saturated heterocycles. The molecule has 6 heteroatoms. The first-order valence-corrected chi connectivity index (χ1v) is 7.62. The molecule has 3 heterocycles. The third kappa shape index (κ3) is 3.01. The van der Waals surface area contributed by atoms with Crippen LogP contribution in [0, 0.1) is 0 Å². The second-order valence-electron chi connectivity index (χ2n) is 5.67. The van der Waals surface area contributed by atoms with Gasteiger partial charge in [-0.15, -0.1) is 0 Å². The fourth-order valence-electron chi connectivity index (χ4n) is 2.80. The van der Waals surface area contributed by atoms with E-state index in [0.717, 1.165) is 61.3 Å². The summed E-state index contributed by atoms with van der Waals surface area (Å²) < 4.78 is 0. The fraction of sp³-hybridized carbons (Fsp3) is 0.438. The van der Waals surface area contributed by atoms with Crippen LogP contribution in [0.1, 0.15) is 18.1 Å². The zero-order valence-corrected chi connectivity index (χ0v) is 12.7. The van der Waals surface area contributed by atoms with E-state index in [0.29, 0.717) is 6.42 Å². The number of rotatable bonds is 4. The van der Waals surface area contributed by atoms with E-state index in [4.69, 9.17) is 0 Å². The van der Waals surface area contributed by atoms with Crippen LogP contribution in [0.25, 0.3) is 11.0 Å². The van der Waals surface area contributed by atoms with E-state index in [-0.39, 0.29) is 5.56 Å². The van der Waals surface area contributed by atoms with E-state index >= 15 is 0 Å². The van der Waals surface area contributed by atoms with Gasteiger partial charge in [0.05, 0.1) is 11.0 Å². The zero-order chi connectivity index (χ0) is 15.5. The number of carbonyl (C=O) groups is 1. The molecule has 0 spiro atoms. The fourth-order valence-corrected chi connectivity index (χ4v) is 2.80. The molecule has 2 aromatic heterocycles. The second kappa shape index (κ2) is 6.27. The predicted molar refractivity (Wildman–Crippen MR) is 84.7 cm³/mol. The highest BCUT2D eigenvalue weighted by Gasteiger charge is 2.15. The number of nitrogens with one attached hydrogen (secondary N) is 1. The summed E-state index contributed by atoms with van der Waals surface area (Å²) >= 11 is 0. The van der Waals surface area contributed by atoms with Crippen molar-refractivity contribution < 1.29 is 4.79 Å². The first-order chi connectivity index (χ1) is 10.7. The Balaban J connectivity index is 1.78. The lowest BCUT2D eigenvalue weighted by molar-refractivity contribution is -0.119. The molecule has 0 saturated carbocycles. The average molecular weight is 300 g/mol. The first kappa shape index (κ1) is 14.7. The normalized spacial score (nSPS) is 16.1. The van der Waals surface area contributed by atoms with Gasteiger partial charge in [-0.3, -0.25) is 19.5 Å². The molecule has 1 N–H and O–H groups in total. The molecule has 1 amide bonds. The zero-order valence-electron chi connectivity index (χ0n) is 12.7. The predicted octanol–water partition coefficient (Wildman–Crippen LogP) is 0.759. The van der Waals surface area contributed by atoms with Gasteiger partial charge in [0.1, 0.15) is 0 Å². The molecule has 1 fully saturated rings. The van der Waals surface area contributed by atoms with Gasteiger partial charge in [-0.25, -0.2) is 0 Å². The van der Waals surface area contributed by atoms with Crippen molar-refractivity contribution in [2.24, 2.45) is 0 Å². The molecule has 2 aromatic rings. The summed E-state index contributed by atoms with van der Waals surface area (Å²) in [6.45, 7) is 6.00. The van der Waals surface area contributed by atoms with Gasteiger partial charge in [0.2, 0.25) is 6.41 Å². The Bertz CT molecular complexity index is 732. The number of fused-ring (bicyclic) bond motifs is 1. The monoisotopic (exact) mass is 300 g/mol. The Hall–Kier alpha value is -2.21. The van der Waals surface area contributed by atoms with Crippen molar-refractivity contribution in [3.8, 4) is 0 Å². The number of pyridine rings is 2. The summed E-state index contributed by atoms with van der Waals surface area (Å²) in [6.07, 6.45) is 3.48. The van der Waals surface area contributed by atoms with Crippen molar-refractivity contribution in [1.29, 1.82) is 0 Å². The lowest BCUT2D eigenvalue weighted by Crippen LogP contribution is -2.45. The van der Waals surface area contributed by atoms with E-state index < -0.39 is 0 Å². The minimum atomic E-state index is -0.0338. The average Bonchev–Trinajstić information content (AvgIpc) is 2.55. The van der Waals surface area contributed by atoms with E-state index in [1.54, 1.807) is 4.90 Å². The minimum absolute atomic E-state index is 0.0338. The highest BCUT2D eigenvalue weighted by molar-refractivity contribution is 5.74. The molecule has 0 bridgehead atoms. The van der Waals surface area contributed by atoms with Crippen molar-refractivity contribution in [3.05, 3.63) is 39.8 Å². The lowest BCUT2D eigenvalue weighted by atomic mass is 10.1. The molecule has 3 rings (SSSR count). The highest BCUT2D eigenvalue weighted by Crippen LogP contribution is 2.13. The van der Waals surface area contributed by atoms with Crippen LogP contribution in [-0.4, -0.2) is 52.4 Å². The van der Waals surface area contributed by atoms with Gasteiger partial charge in [0.15, 0.2) is 0 Å². The minimum Gasteiger partial charge on any atom is -0.343 e. The standard InChI is InChI=1S/C16H20N4O2/c1-2-13-8-14-15(18-16(13)22)7-12(9-17-14)10-19-3-5-20(11-21)6-4-19/h7-9,11H,2-6,10H2,1H3,(H,18,22). The van der Waals surface area contributed by atoms with Crippen LogP contribution in [0.15, 0.2) is 23.1 Å². The van der Waals surface area contributed by atoms with Crippen molar-refractivity contribution in [2.45, 2.75) is 19.9 Å². The Morgan fingerprint density at radius 3 is 2.73 bits per heavy atom. The molecule has 22 heavy (non-hydrogen) atoms. The Morgan fingerprint density at radius 1 is 1.27 bits per heavy atom. The Labute approximate surface area is 128 Å². The summed E-state index contributed by atoms with van der Waals surface area (Å²) in [5.74, 6) is 0. The van der Waals surface area contributed by atoms with Crippen LogP contribution < -0.4 is 5.56 Å². The Morgan fingerprint density at radius 2 is 2.05 bits per heavy atom. The topological polar surface area (TPSA) is 69.3 Å². The number of aromatic nitrogens is 2. The van der Waals surface area contributed by atoms with Crippen molar-refractivity contribution in [3.63, 3.8) is 0 Å². The van der Waals surface area contributed by atoms with E-state index in [1.165, 1.54) is 0 Å². The number of nitrogens with zero attached hydrogens (tertiary/aromatic N) is 3. The van der Waals surface area contributed by atoms with Crippen LogP contribution in [-0.2, 0) is 17.8 Å². The molecule has 0 unspecified atom stereocenters. The highest BCUT2D eigenvalue weighted by atomic mass is 16.1. The summed E-state index contributed by atoms with van der Waals surface area (Å²) in [7, 11) is 0. The maximum absolute atomic E-state index is 11.9. The number of aryl methyl sites for hydroxylation is 1. The summed E-state index contributed by atoms with van der Waals surface area (Å²) in [5, 5.41) is 0. The van der Waals surface area contributed by atoms with Crippen molar-refractivity contribution in [1.82, 2.24) is 19.8 Å². The van der Waals surface area contributed by atoms with Gasteiger partial charge in [-0.2, -0.15) is 0 Å². The SMILES string of the molecule is CCc1cc2ncc(CN3CCN(C=O)CC3)cc2[nH]c1=O.